The molecule has 2 aromatic rings. The van der Waals surface area contributed by atoms with Crippen LogP contribution >= 0.6 is 0 Å². The fraction of sp³-hybridized carbons (Fsp3) is 0.360. The van der Waals surface area contributed by atoms with E-state index in [9.17, 15) is 19.1 Å². The zero-order valence-electron chi connectivity index (χ0n) is 17.6. The molecule has 0 spiro atoms. The molecule has 31 heavy (non-hydrogen) atoms. The topological polar surface area (TPSA) is 66.8 Å². The van der Waals surface area contributed by atoms with E-state index >= 15 is 0 Å². The van der Waals surface area contributed by atoms with Crippen LogP contribution in [0.2, 0.25) is 0 Å². The molecule has 1 aliphatic heterocycles. The van der Waals surface area contributed by atoms with Crippen LogP contribution in [-0.2, 0) is 27.2 Å². The van der Waals surface area contributed by atoms with Crippen molar-refractivity contribution in [2.45, 2.75) is 38.1 Å². The Balaban J connectivity index is 1.82. The smallest absolute Gasteiger partial charge is 0.295 e. The number of aliphatic hydroxyl groups excluding tert-OH is 1. The van der Waals surface area contributed by atoms with Crippen molar-refractivity contribution in [3.8, 4) is 0 Å². The van der Waals surface area contributed by atoms with Gasteiger partial charge in [-0.2, -0.15) is 0 Å². The number of hydrogen-bond donors (Lipinski definition) is 1. The molecule has 1 heterocycles. The molecule has 1 fully saturated rings. The number of ether oxygens (including phenoxy) is 1. The zero-order chi connectivity index (χ0) is 22.0. The first-order valence-electron chi connectivity index (χ1n) is 10.7. The Morgan fingerprint density at radius 2 is 1.87 bits per heavy atom. The lowest BCUT2D eigenvalue weighted by Gasteiger charge is -2.25. The molecule has 0 aromatic heterocycles. The lowest BCUT2D eigenvalue weighted by Crippen LogP contribution is -2.31. The first kappa shape index (κ1) is 21.2. The van der Waals surface area contributed by atoms with Crippen LogP contribution < -0.4 is 0 Å². The Morgan fingerprint density at radius 3 is 2.61 bits per heavy atom. The molecule has 1 aliphatic carbocycles. The van der Waals surface area contributed by atoms with Crippen LogP contribution in [0.25, 0.3) is 5.76 Å². The number of likely N-dealkylation sites (tertiary alicyclic amines) is 1. The fourth-order valence-electron chi connectivity index (χ4n) is 4.55. The number of rotatable bonds is 6. The number of fused-ring (bicyclic) bond motifs is 1. The molecule has 1 unspecified atom stereocenters. The number of aryl methyl sites for hydroxylation is 2. The van der Waals surface area contributed by atoms with Gasteiger partial charge < -0.3 is 14.7 Å². The summed E-state index contributed by atoms with van der Waals surface area (Å²) in [6.07, 6.45) is 4.62. The van der Waals surface area contributed by atoms with Crippen molar-refractivity contribution in [3.63, 3.8) is 0 Å². The predicted molar refractivity (Wildman–Crippen MR) is 115 cm³/mol. The average Bonchev–Trinajstić information content (AvgIpc) is 3.03. The second kappa shape index (κ2) is 9.02. The van der Waals surface area contributed by atoms with E-state index in [1.54, 1.807) is 31.4 Å². The number of hydrogen-bond acceptors (Lipinski definition) is 4. The average molecular weight is 423 g/mol. The number of aliphatic hydroxyl groups is 1. The minimum atomic E-state index is -0.978. The molecule has 0 bridgehead atoms. The van der Waals surface area contributed by atoms with Crippen molar-refractivity contribution in [1.29, 1.82) is 0 Å². The molecule has 6 heteroatoms. The highest BCUT2D eigenvalue weighted by Gasteiger charge is 2.46. The SMILES string of the molecule is COCCCN1C(=O)C(=O)/C(=C(/O)c2ccc3c(c2)CCCC3)C1c1ccccc1F. The number of Topliss-reactive ketones (excluding diaryl/α,β-unsaturated/α-hetero) is 1. The fourth-order valence-corrected chi connectivity index (χ4v) is 4.55. The Labute approximate surface area is 181 Å². The number of carbonyl (C=O) groups excluding carboxylic acids is 2. The van der Waals surface area contributed by atoms with Gasteiger partial charge in [0.2, 0.25) is 0 Å². The van der Waals surface area contributed by atoms with Gasteiger partial charge in [-0.15, -0.1) is 0 Å². The van der Waals surface area contributed by atoms with E-state index in [0.29, 0.717) is 18.6 Å². The van der Waals surface area contributed by atoms with Gasteiger partial charge in [-0.3, -0.25) is 9.59 Å². The molecule has 2 aliphatic rings. The monoisotopic (exact) mass is 423 g/mol. The summed E-state index contributed by atoms with van der Waals surface area (Å²) in [6.45, 7) is 0.621. The largest absolute Gasteiger partial charge is 0.507 e. The van der Waals surface area contributed by atoms with E-state index in [-0.39, 0.29) is 23.4 Å². The second-order valence-electron chi connectivity index (χ2n) is 8.05. The summed E-state index contributed by atoms with van der Waals surface area (Å²) in [5.41, 5.74) is 3.00. The van der Waals surface area contributed by atoms with Gasteiger partial charge in [0, 0.05) is 31.4 Å². The van der Waals surface area contributed by atoms with Crippen molar-refractivity contribution in [2.75, 3.05) is 20.3 Å². The number of ketones is 1. The van der Waals surface area contributed by atoms with Crippen molar-refractivity contribution < 1.29 is 23.8 Å². The predicted octanol–water partition coefficient (Wildman–Crippen LogP) is 4.16. The third-order valence-corrected chi connectivity index (χ3v) is 6.11. The molecule has 1 saturated heterocycles. The van der Waals surface area contributed by atoms with Crippen molar-refractivity contribution >= 4 is 17.4 Å². The minimum absolute atomic E-state index is 0.0664. The molecule has 162 valence electrons. The highest BCUT2D eigenvalue weighted by atomic mass is 19.1. The molecular formula is C25H26FNO4. The molecule has 1 amide bonds. The van der Waals surface area contributed by atoms with Gasteiger partial charge in [-0.25, -0.2) is 4.39 Å². The van der Waals surface area contributed by atoms with Gasteiger partial charge in [0.1, 0.15) is 11.6 Å². The maximum Gasteiger partial charge on any atom is 0.295 e. The third kappa shape index (κ3) is 4.00. The lowest BCUT2D eigenvalue weighted by atomic mass is 9.88. The molecular weight excluding hydrogens is 397 g/mol. The molecule has 0 radical (unpaired) electrons. The van der Waals surface area contributed by atoms with Crippen LogP contribution in [0.1, 0.15) is 47.6 Å². The Kier molecular flexibility index (Phi) is 6.18. The van der Waals surface area contributed by atoms with Gasteiger partial charge in [0.25, 0.3) is 11.7 Å². The summed E-state index contributed by atoms with van der Waals surface area (Å²) >= 11 is 0. The second-order valence-corrected chi connectivity index (χ2v) is 8.05. The number of benzene rings is 2. The zero-order valence-corrected chi connectivity index (χ0v) is 17.6. The highest BCUT2D eigenvalue weighted by Crippen LogP contribution is 2.40. The number of carbonyl (C=O) groups is 2. The van der Waals surface area contributed by atoms with Gasteiger partial charge in [-0.1, -0.05) is 30.3 Å². The Hall–Kier alpha value is -2.99. The van der Waals surface area contributed by atoms with Gasteiger partial charge >= 0.3 is 0 Å². The summed E-state index contributed by atoms with van der Waals surface area (Å²) in [7, 11) is 1.55. The molecule has 5 nitrogen and oxygen atoms in total. The minimum Gasteiger partial charge on any atom is -0.507 e. The van der Waals surface area contributed by atoms with Crippen molar-refractivity contribution in [2.24, 2.45) is 0 Å². The summed E-state index contributed by atoms with van der Waals surface area (Å²) in [6, 6.07) is 10.7. The van der Waals surface area contributed by atoms with E-state index in [1.807, 2.05) is 12.1 Å². The Morgan fingerprint density at radius 1 is 1.13 bits per heavy atom. The number of methoxy groups -OCH3 is 1. The summed E-state index contributed by atoms with van der Waals surface area (Å²) in [5, 5.41) is 11.2. The maximum absolute atomic E-state index is 14.7. The normalized spacial score (nSPS) is 20.2. The quantitative estimate of drug-likeness (QED) is 0.328. The van der Waals surface area contributed by atoms with E-state index in [1.165, 1.54) is 16.5 Å². The standard InChI is InChI=1S/C25H26FNO4/c1-31-14-6-13-27-22(19-9-4-5-10-20(19)26)21(24(29)25(27)30)23(28)18-12-11-16-7-2-3-8-17(16)15-18/h4-5,9-12,15,22,28H,2-3,6-8,13-14H2,1H3/b23-21+. The van der Waals surface area contributed by atoms with Crippen LogP contribution in [0.3, 0.4) is 0 Å². The van der Waals surface area contributed by atoms with Gasteiger partial charge in [0.15, 0.2) is 0 Å². The molecule has 0 saturated carbocycles. The number of halogens is 1. The Bertz CT molecular complexity index is 1050. The van der Waals surface area contributed by atoms with Crippen LogP contribution in [-0.4, -0.2) is 42.0 Å². The highest BCUT2D eigenvalue weighted by molar-refractivity contribution is 6.46. The molecule has 2 aromatic carbocycles. The maximum atomic E-state index is 14.7. The summed E-state index contributed by atoms with van der Waals surface area (Å²) in [4.78, 5) is 27.2. The van der Waals surface area contributed by atoms with Crippen molar-refractivity contribution in [1.82, 2.24) is 4.90 Å². The van der Waals surface area contributed by atoms with E-state index < -0.39 is 23.5 Å². The van der Waals surface area contributed by atoms with Crippen molar-refractivity contribution in [3.05, 3.63) is 76.1 Å². The van der Waals surface area contributed by atoms with Crippen LogP contribution in [0.15, 0.2) is 48.0 Å². The summed E-state index contributed by atoms with van der Waals surface area (Å²) in [5.74, 6) is -2.30. The van der Waals surface area contributed by atoms with E-state index in [0.717, 1.165) is 31.2 Å². The first-order chi connectivity index (χ1) is 15.0. The van der Waals surface area contributed by atoms with Gasteiger partial charge in [-0.05, 0) is 55.4 Å². The molecule has 4 rings (SSSR count). The third-order valence-electron chi connectivity index (χ3n) is 6.11. The lowest BCUT2D eigenvalue weighted by molar-refractivity contribution is -0.140. The van der Waals surface area contributed by atoms with Gasteiger partial charge in [0.05, 0.1) is 11.6 Å². The van der Waals surface area contributed by atoms with E-state index in [4.69, 9.17) is 4.74 Å². The summed E-state index contributed by atoms with van der Waals surface area (Å²) < 4.78 is 19.8. The number of amides is 1. The van der Waals surface area contributed by atoms with E-state index in [2.05, 4.69) is 0 Å². The molecule has 1 atom stereocenters. The van der Waals surface area contributed by atoms with Crippen LogP contribution in [0, 0.1) is 5.82 Å². The van der Waals surface area contributed by atoms with Crippen LogP contribution in [0.4, 0.5) is 4.39 Å². The van der Waals surface area contributed by atoms with Crippen LogP contribution in [0.5, 0.6) is 0 Å². The molecule has 1 N–H and O–H groups in total. The first-order valence-corrected chi connectivity index (χ1v) is 10.7. The number of nitrogens with zero attached hydrogens (tertiary/aromatic N) is 1.